The maximum atomic E-state index is 12.6. The smallest absolute Gasteiger partial charge is 0.253 e. The number of nitrogens with zero attached hydrogens (tertiary/aromatic N) is 1. The summed E-state index contributed by atoms with van der Waals surface area (Å²) in [7, 11) is 3.28. The number of amides is 1. The van der Waals surface area contributed by atoms with Gasteiger partial charge in [0.05, 0.1) is 7.11 Å². The second-order valence-corrected chi connectivity index (χ2v) is 5.72. The van der Waals surface area contributed by atoms with Crippen LogP contribution in [-0.4, -0.2) is 36.6 Å². The zero-order valence-electron chi connectivity index (χ0n) is 13.3. The van der Waals surface area contributed by atoms with Gasteiger partial charge in [-0.2, -0.15) is 0 Å². The molecular formula is C18H20N2O3. The van der Waals surface area contributed by atoms with Gasteiger partial charge in [-0.3, -0.25) is 4.79 Å². The van der Waals surface area contributed by atoms with E-state index < -0.39 is 0 Å². The van der Waals surface area contributed by atoms with Gasteiger partial charge in [-0.1, -0.05) is 6.07 Å². The molecular weight excluding hydrogens is 292 g/mol. The standard InChI is InChI=1S/C18H20N2O3/c1-20(11-12-3-6-16(21)17(9-12)23-2)18(22)14-4-5-15-13(10-14)7-8-19-15/h3-6,9-10,19,21H,7-8,11H2,1-2H3. The second-order valence-electron chi connectivity index (χ2n) is 5.72. The minimum absolute atomic E-state index is 0.0215. The van der Waals surface area contributed by atoms with Crippen LogP contribution in [0.1, 0.15) is 21.5 Å². The number of fused-ring (bicyclic) bond motifs is 1. The highest BCUT2D eigenvalue weighted by Gasteiger charge is 2.17. The molecule has 0 unspecified atom stereocenters. The number of methoxy groups -OCH3 is 1. The quantitative estimate of drug-likeness (QED) is 0.911. The molecule has 0 spiro atoms. The van der Waals surface area contributed by atoms with E-state index in [0.717, 1.165) is 24.2 Å². The minimum atomic E-state index is -0.0215. The summed E-state index contributed by atoms with van der Waals surface area (Å²) < 4.78 is 5.10. The molecule has 0 aromatic heterocycles. The zero-order valence-corrected chi connectivity index (χ0v) is 13.3. The van der Waals surface area contributed by atoms with Crippen molar-refractivity contribution in [2.75, 3.05) is 26.0 Å². The summed E-state index contributed by atoms with van der Waals surface area (Å²) in [5.74, 6) is 0.482. The van der Waals surface area contributed by atoms with Crippen LogP contribution in [0.25, 0.3) is 0 Å². The van der Waals surface area contributed by atoms with Crippen LogP contribution in [0.2, 0.25) is 0 Å². The molecule has 1 heterocycles. The largest absolute Gasteiger partial charge is 0.504 e. The Labute approximate surface area is 135 Å². The molecule has 2 aromatic carbocycles. The second kappa shape index (κ2) is 6.20. The molecule has 1 amide bonds. The zero-order chi connectivity index (χ0) is 16.4. The molecule has 0 atom stereocenters. The van der Waals surface area contributed by atoms with Crippen molar-refractivity contribution in [2.24, 2.45) is 0 Å². The molecule has 1 aliphatic rings. The fourth-order valence-electron chi connectivity index (χ4n) is 2.82. The summed E-state index contributed by atoms with van der Waals surface area (Å²) in [6.07, 6.45) is 0.954. The minimum Gasteiger partial charge on any atom is -0.504 e. The monoisotopic (exact) mass is 312 g/mol. The van der Waals surface area contributed by atoms with Gasteiger partial charge >= 0.3 is 0 Å². The highest BCUT2D eigenvalue weighted by atomic mass is 16.5. The van der Waals surface area contributed by atoms with E-state index >= 15 is 0 Å². The number of aromatic hydroxyl groups is 1. The third-order valence-corrected chi connectivity index (χ3v) is 4.07. The molecule has 0 bridgehead atoms. The van der Waals surface area contributed by atoms with Crippen LogP contribution in [0.3, 0.4) is 0 Å². The van der Waals surface area contributed by atoms with E-state index in [1.54, 1.807) is 30.1 Å². The molecule has 0 fully saturated rings. The van der Waals surface area contributed by atoms with Gasteiger partial charge in [0.1, 0.15) is 0 Å². The summed E-state index contributed by atoms with van der Waals surface area (Å²) >= 11 is 0. The van der Waals surface area contributed by atoms with Crippen LogP contribution < -0.4 is 10.1 Å². The van der Waals surface area contributed by atoms with Crippen molar-refractivity contribution in [3.8, 4) is 11.5 Å². The average Bonchev–Trinajstić information content (AvgIpc) is 3.03. The first-order valence-corrected chi connectivity index (χ1v) is 7.56. The number of rotatable bonds is 4. The van der Waals surface area contributed by atoms with Crippen LogP contribution in [0.15, 0.2) is 36.4 Å². The first-order valence-electron chi connectivity index (χ1n) is 7.56. The molecule has 2 N–H and O–H groups in total. The number of nitrogens with one attached hydrogen (secondary N) is 1. The summed E-state index contributed by atoms with van der Waals surface area (Å²) in [5, 5.41) is 12.9. The van der Waals surface area contributed by atoms with E-state index in [-0.39, 0.29) is 11.7 Å². The Hall–Kier alpha value is -2.69. The number of anilines is 1. The van der Waals surface area contributed by atoms with Crippen molar-refractivity contribution < 1.29 is 14.6 Å². The van der Waals surface area contributed by atoms with E-state index in [1.807, 2.05) is 18.2 Å². The number of phenols is 1. The van der Waals surface area contributed by atoms with Gasteiger partial charge in [0.2, 0.25) is 0 Å². The van der Waals surface area contributed by atoms with Crippen LogP contribution in [0.5, 0.6) is 11.5 Å². The highest BCUT2D eigenvalue weighted by molar-refractivity contribution is 5.94. The number of phenolic OH excluding ortho intramolecular Hbond substituents is 1. The van der Waals surface area contributed by atoms with Crippen molar-refractivity contribution in [1.82, 2.24) is 4.90 Å². The summed E-state index contributed by atoms with van der Waals surface area (Å²) in [4.78, 5) is 14.3. The summed E-state index contributed by atoms with van der Waals surface area (Å²) in [5.41, 5.74) is 3.90. The van der Waals surface area contributed by atoms with Gasteiger partial charge in [-0.25, -0.2) is 0 Å². The van der Waals surface area contributed by atoms with Crippen LogP contribution in [0, 0.1) is 0 Å². The predicted octanol–water partition coefficient (Wildman–Crippen LogP) is 2.64. The molecule has 5 heteroatoms. The molecule has 2 aromatic rings. The topological polar surface area (TPSA) is 61.8 Å². The van der Waals surface area contributed by atoms with Crippen molar-refractivity contribution >= 4 is 11.6 Å². The molecule has 0 saturated heterocycles. The molecule has 3 rings (SSSR count). The number of hydrogen-bond acceptors (Lipinski definition) is 4. The Morgan fingerprint density at radius 2 is 2.13 bits per heavy atom. The molecule has 0 saturated carbocycles. The Morgan fingerprint density at radius 3 is 2.91 bits per heavy atom. The van der Waals surface area contributed by atoms with E-state index in [9.17, 15) is 9.90 Å². The highest BCUT2D eigenvalue weighted by Crippen LogP contribution is 2.27. The number of hydrogen-bond donors (Lipinski definition) is 2. The predicted molar refractivity (Wildman–Crippen MR) is 89.1 cm³/mol. The Balaban J connectivity index is 1.75. The lowest BCUT2D eigenvalue weighted by Gasteiger charge is -2.18. The molecule has 120 valence electrons. The summed E-state index contributed by atoms with van der Waals surface area (Å²) in [6.45, 7) is 1.38. The SMILES string of the molecule is COc1cc(CN(C)C(=O)c2ccc3c(c2)CCN3)ccc1O. The molecule has 5 nitrogen and oxygen atoms in total. The average molecular weight is 312 g/mol. The van der Waals surface area contributed by atoms with E-state index in [0.29, 0.717) is 17.9 Å². The molecule has 0 aliphatic carbocycles. The maximum Gasteiger partial charge on any atom is 0.253 e. The van der Waals surface area contributed by atoms with Gasteiger partial charge in [0.15, 0.2) is 11.5 Å². The third kappa shape index (κ3) is 3.08. The molecule has 1 aliphatic heterocycles. The van der Waals surface area contributed by atoms with Crippen molar-refractivity contribution in [3.63, 3.8) is 0 Å². The Morgan fingerprint density at radius 1 is 1.30 bits per heavy atom. The fraction of sp³-hybridized carbons (Fsp3) is 0.278. The van der Waals surface area contributed by atoms with Crippen molar-refractivity contribution in [1.29, 1.82) is 0 Å². The lowest BCUT2D eigenvalue weighted by Crippen LogP contribution is -2.26. The first kappa shape index (κ1) is 15.2. The van der Waals surface area contributed by atoms with E-state index in [1.165, 1.54) is 12.7 Å². The molecule has 0 radical (unpaired) electrons. The Kier molecular flexibility index (Phi) is 4.10. The van der Waals surface area contributed by atoms with Crippen molar-refractivity contribution in [3.05, 3.63) is 53.1 Å². The van der Waals surface area contributed by atoms with Gasteiger partial charge in [-0.15, -0.1) is 0 Å². The fourth-order valence-corrected chi connectivity index (χ4v) is 2.82. The summed E-state index contributed by atoms with van der Waals surface area (Å²) in [6, 6.07) is 10.9. The van der Waals surface area contributed by atoms with Crippen LogP contribution in [-0.2, 0) is 13.0 Å². The van der Waals surface area contributed by atoms with Gasteiger partial charge < -0.3 is 20.1 Å². The lowest BCUT2D eigenvalue weighted by molar-refractivity contribution is 0.0785. The normalized spacial score (nSPS) is 12.4. The van der Waals surface area contributed by atoms with Gasteiger partial charge in [-0.05, 0) is 47.9 Å². The third-order valence-electron chi connectivity index (χ3n) is 4.07. The number of carbonyl (C=O) groups is 1. The lowest BCUT2D eigenvalue weighted by atomic mass is 10.1. The first-order chi connectivity index (χ1) is 11.1. The van der Waals surface area contributed by atoms with E-state index in [4.69, 9.17) is 4.74 Å². The maximum absolute atomic E-state index is 12.6. The van der Waals surface area contributed by atoms with Gasteiger partial charge in [0, 0.05) is 31.4 Å². The molecule has 23 heavy (non-hydrogen) atoms. The number of ether oxygens (including phenoxy) is 1. The number of benzene rings is 2. The van der Waals surface area contributed by atoms with Crippen molar-refractivity contribution in [2.45, 2.75) is 13.0 Å². The Bertz CT molecular complexity index is 743. The number of carbonyl (C=O) groups excluding carboxylic acids is 1. The van der Waals surface area contributed by atoms with E-state index in [2.05, 4.69) is 5.32 Å². The van der Waals surface area contributed by atoms with Crippen LogP contribution >= 0.6 is 0 Å². The van der Waals surface area contributed by atoms with Gasteiger partial charge in [0.25, 0.3) is 5.91 Å². The van der Waals surface area contributed by atoms with Crippen LogP contribution in [0.4, 0.5) is 5.69 Å².